The summed E-state index contributed by atoms with van der Waals surface area (Å²) >= 11 is 0. The van der Waals surface area contributed by atoms with Crippen LogP contribution in [0.1, 0.15) is 16.8 Å². The van der Waals surface area contributed by atoms with Gasteiger partial charge in [0, 0.05) is 23.7 Å². The number of aromatic nitrogens is 2. The van der Waals surface area contributed by atoms with Crippen molar-refractivity contribution in [3.8, 4) is 11.3 Å². The largest absolute Gasteiger partial charge is 0.264 e. The summed E-state index contributed by atoms with van der Waals surface area (Å²) in [5, 5.41) is 0. The Morgan fingerprint density at radius 1 is 0.933 bits per heavy atom. The molecule has 2 aromatic rings. The fourth-order valence-corrected chi connectivity index (χ4v) is 1.54. The molecule has 0 saturated heterocycles. The van der Waals surface area contributed by atoms with Crippen LogP contribution < -0.4 is 0 Å². The van der Waals surface area contributed by atoms with Crippen LogP contribution in [0, 0.1) is 20.8 Å². The minimum atomic E-state index is 1.03. The minimum absolute atomic E-state index is 1.03. The third-order valence-electron chi connectivity index (χ3n) is 2.65. The second kappa shape index (κ2) is 3.81. The molecule has 2 heterocycles. The Labute approximate surface area is 90.0 Å². The van der Waals surface area contributed by atoms with Crippen molar-refractivity contribution in [3.05, 3.63) is 47.4 Å². The van der Waals surface area contributed by atoms with Crippen molar-refractivity contribution in [2.75, 3.05) is 0 Å². The van der Waals surface area contributed by atoms with Crippen molar-refractivity contribution < 1.29 is 0 Å². The molecule has 0 saturated carbocycles. The summed E-state index contributed by atoms with van der Waals surface area (Å²) in [4.78, 5) is 8.66. The molecule has 0 atom stereocenters. The number of nitrogens with zero attached hydrogens (tertiary/aromatic N) is 2. The molecule has 0 aliphatic rings. The lowest BCUT2D eigenvalue weighted by Gasteiger charge is -2.06. The standard InChI is InChI=1S/C13H14N2/c1-9-4-5-13(15-11(9)3)12-6-7-14-8-10(12)2/h4-8H,1-3H3. The SMILES string of the molecule is Cc1cnccc1-c1ccc(C)c(C)n1. The summed E-state index contributed by atoms with van der Waals surface area (Å²) in [6, 6.07) is 6.18. The highest BCUT2D eigenvalue weighted by Gasteiger charge is 2.03. The van der Waals surface area contributed by atoms with E-state index in [-0.39, 0.29) is 0 Å². The van der Waals surface area contributed by atoms with E-state index in [1.165, 1.54) is 5.56 Å². The second-order valence-electron chi connectivity index (χ2n) is 3.79. The Bertz CT molecular complexity index is 490. The third-order valence-corrected chi connectivity index (χ3v) is 2.65. The normalized spacial score (nSPS) is 10.3. The Morgan fingerprint density at radius 3 is 2.40 bits per heavy atom. The Balaban J connectivity index is 2.55. The maximum Gasteiger partial charge on any atom is 0.0709 e. The van der Waals surface area contributed by atoms with Gasteiger partial charge in [0.2, 0.25) is 0 Å². The van der Waals surface area contributed by atoms with E-state index >= 15 is 0 Å². The summed E-state index contributed by atoms with van der Waals surface area (Å²) in [6.07, 6.45) is 3.67. The van der Waals surface area contributed by atoms with Crippen molar-refractivity contribution in [2.45, 2.75) is 20.8 Å². The van der Waals surface area contributed by atoms with Crippen LogP contribution in [-0.2, 0) is 0 Å². The molecule has 2 aromatic heterocycles. The van der Waals surface area contributed by atoms with Crippen LogP contribution in [0.2, 0.25) is 0 Å². The number of hydrogen-bond acceptors (Lipinski definition) is 2. The summed E-state index contributed by atoms with van der Waals surface area (Å²) < 4.78 is 0. The van der Waals surface area contributed by atoms with Gasteiger partial charge in [-0.05, 0) is 44.0 Å². The first-order valence-corrected chi connectivity index (χ1v) is 5.03. The van der Waals surface area contributed by atoms with Crippen LogP contribution in [0.15, 0.2) is 30.6 Å². The van der Waals surface area contributed by atoms with Gasteiger partial charge in [-0.1, -0.05) is 6.07 Å². The van der Waals surface area contributed by atoms with Gasteiger partial charge in [-0.3, -0.25) is 9.97 Å². The molecule has 0 N–H and O–H groups in total. The first kappa shape index (κ1) is 9.84. The predicted molar refractivity (Wildman–Crippen MR) is 61.7 cm³/mol. The Kier molecular flexibility index (Phi) is 2.50. The van der Waals surface area contributed by atoms with Crippen molar-refractivity contribution in [1.82, 2.24) is 9.97 Å². The molecule has 15 heavy (non-hydrogen) atoms. The lowest BCUT2D eigenvalue weighted by Crippen LogP contribution is -1.92. The van der Waals surface area contributed by atoms with Gasteiger partial charge in [0.1, 0.15) is 0 Å². The fraction of sp³-hybridized carbons (Fsp3) is 0.231. The van der Waals surface area contributed by atoms with Gasteiger partial charge < -0.3 is 0 Å². The zero-order valence-corrected chi connectivity index (χ0v) is 9.28. The maximum absolute atomic E-state index is 4.58. The average Bonchev–Trinajstić information content (AvgIpc) is 2.23. The Morgan fingerprint density at radius 2 is 1.73 bits per heavy atom. The quantitative estimate of drug-likeness (QED) is 0.703. The number of hydrogen-bond donors (Lipinski definition) is 0. The van der Waals surface area contributed by atoms with Crippen molar-refractivity contribution in [3.63, 3.8) is 0 Å². The van der Waals surface area contributed by atoms with Crippen LogP contribution in [-0.4, -0.2) is 9.97 Å². The van der Waals surface area contributed by atoms with Crippen LogP contribution in [0.4, 0.5) is 0 Å². The van der Waals surface area contributed by atoms with Gasteiger partial charge in [0.15, 0.2) is 0 Å². The summed E-state index contributed by atoms with van der Waals surface area (Å²) in [5.41, 5.74) is 5.66. The first-order chi connectivity index (χ1) is 7.18. The van der Waals surface area contributed by atoms with Crippen LogP contribution in [0.3, 0.4) is 0 Å². The van der Waals surface area contributed by atoms with Gasteiger partial charge in [0.25, 0.3) is 0 Å². The molecular formula is C13H14N2. The topological polar surface area (TPSA) is 25.8 Å². The molecular weight excluding hydrogens is 184 g/mol. The molecule has 0 amide bonds. The molecule has 2 nitrogen and oxygen atoms in total. The monoisotopic (exact) mass is 198 g/mol. The number of pyridine rings is 2. The summed E-state index contributed by atoms with van der Waals surface area (Å²) in [5.74, 6) is 0. The van der Waals surface area contributed by atoms with Crippen LogP contribution in [0.25, 0.3) is 11.3 Å². The van der Waals surface area contributed by atoms with Crippen molar-refractivity contribution >= 4 is 0 Å². The Hall–Kier alpha value is -1.70. The van der Waals surface area contributed by atoms with Crippen molar-refractivity contribution in [1.29, 1.82) is 0 Å². The van der Waals surface area contributed by atoms with Crippen molar-refractivity contribution in [2.24, 2.45) is 0 Å². The molecule has 2 rings (SSSR count). The molecule has 0 unspecified atom stereocenters. The zero-order chi connectivity index (χ0) is 10.8. The predicted octanol–water partition coefficient (Wildman–Crippen LogP) is 3.07. The summed E-state index contributed by atoms with van der Waals surface area (Å²) in [6.45, 7) is 6.17. The molecule has 0 spiro atoms. The molecule has 0 aliphatic heterocycles. The highest BCUT2D eigenvalue weighted by Crippen LogP contribution is 2.21. The third kappa shape index (κ3) is 1.89. The van der Waals surface area contributed by atoms with Crippen LogP contribution in [0.5, 0.6) is 0 Å². The first-order valence-electron chi connectivity index (χ1n) is 5.03. The molecule has 0 radical (unpaired) electrons. The number of aryl methyl sites for hydroxylation is 3. The van der Waals surface area contributed by atoms with E-state index in [9.17, 15) is 0 Å². The van der Waals surface area contributed by atoms with Gasteiger partial charge in [-0.15, -0.1) is 0 Å². The van der Waals surface area contributed by atoms with Gasteiger partial charge >= 0.3 is 0 Å². The highest BCUT2D eigenvalue weighted by molar-refractivity contribution is 5.62. The smallest absolute Gasteiger partial charge is 0.0709 e. The van der Waals surface area contributed by atoms with E-state index < -0.39 is 0 Å². The van der Waals surface area contributed by atoms with E-state index in [1.54, 1.807) is 6.20 Å². The van der Waals surface area contributed by atoms with Crippen LogP contribution >= 0.6 is 0 Å². The maximum atomic E-state index is 4.58. The zero-order valence-electron chi connectivity index (χ0n) is 9.28. The number of rotatable bonds is 1. The highest BCUT2D eigenvalue weighted by atomic mass is 14.7. The molecule has 2 heteroatoms. The van der Waals surface area contributed by atoms with Gasteiger partial charge in [-0.2, -0.15) is 0 Å². The van der Waals surface area contributed by atoms with E-state index in [0.29, 0.717) is 0 Å². The van der Waals surface area contributed by atoms with Gasteiger partial charge in [-0.25, -0.2) is 0 Å². The fourth-order valence-electron chi connectivity index (χ4n) is 1.54. The van der Waals surface area contributed by atoms with Gasteiger partial charge in [0.05, 0.1) is 5.69 Å². The molecule has 0 fully saturated rings. The van der Waals surface area contributed by atoms with E-state index in [4.69, 9.17) is 0 Å². The van der Waals surface area contributed by atoms with E-state index in [2.05, 4.69) is 35.9 Å². The second-order valence-corrected chi connectivity index (χ2v) is 3.79. The summed E-state index contributed by atoms with van der Waals surface area (Å²) in [7, 11) is 0. The van der Waals surface area contributed by atoms with E-state index in [0.717, 1.165) is 22.5 Å². The minimum Gasteiger partial charge on any atom is -0.264 e. The lowest BCUT2D eigenvalue weighted by atomic mass is 10.1. The lowest BCUT2D eigenvalue weighted by molar-refractivity contribution is 1.15. The molecule has 0 bridgehead atoms. The average molecular weight is 198 g/mol. The molecule has 76 valence electrons. The molecule has 0 aliphatic carbocycles. The molecule has 0 aromatic carbocycles. The van der Waals surface area contributed by atoms with E-state index in [1.807, 2.05) is 19.2 Å².